The largest absolute Gasteiger partial charge is 0.493 e. The molecule has 0 fully saturated rings. The predicted octanol–water partition coefficient (Wildman–Crippen LogP) is 3.36. The van der Waals surface area contributed by atoms with Gasteiger partial charge in [-0.3, -0.25) is 0 Å². The molecule has 1 aromatic carbocycles. The standard InChI is InChI=1S/C18H21N3O5S/c1-6-25-14-12(23-4)8-11(9-13(14)24-5)16-19-18-21(20-16)10(3)15(27-18)17(22)26-7-2/h8-9H,6-7H2,1-5H3. The lowest BCUT2D eigenvalue weighted by molar-refractivity contribution is 0.0530. The summed E-state index contributed by atoms with van der Waals surface area (Å²) in [4.78, 5) is 17.7. The Morgan fingerprint density at radius 1 is 1.15 bits per heavy atom. The second kappa shape index (κ2) is 7.83. The summed E-state index contributed by atoms with van der Waals surface area (Å²) >= 11 is 1.25. The fraction of sp³-hybridized carbons (Fsp3) is 0.389. The van der Waals surface area contributed by atoms with E-state index in [4.69, 9.17) is 18.9 Å². The number of rotatable bonds is 7. The molecule has 0 aliphatic rings. The molecular weight excluding hydrogens is 370 g/mol. The van der Waals surface area contributed by atoms with Crippen LogP contribution in [0.1, 0.15) is 29.2 Å². The molecule has 0 atom stereocenters. The summed E-state index contributed by atoms with van der Waals surface area (Å²) in [6, 6.07) is 3.60. The molecule has 0 amide bonds. The van der Waals surface area contributed by atoms with E-state index < -0.39 is 0 Å². The summed E-state index contributed by atoms with van der Waals surface area (Å²) in [6.45, 7) is 6.29. The highest BCUT2D eigenvalue weighted by Crippen LogP contribution is 2.41. The first-order valence-corrected chi connectivity index (χ1v) is 9.28. The Morgan fingerprint density at radius 2 is 1.81 bits per heavy atom. The number of aromatic nitrogens is 3. The average Bonchev–Trinajstić information content (AvgIpc) is 3.22. The van der Waals surface area contributed by atoms with Gasteiger partial charge in [0.15, 0.2) is 17.3 Å². The van der Waals surface area contributed by atoms with E-state index in [2.05, 4.69) is 10.1 Å². The maximum atomic E-state index is 12.0. The molecule has 8 nitrogen and oxygen atoms in total. The Hall–Kier alpha value is -2.81. The number of hydrogen-bond donors (Lipinski definition) is 0. The van der Waals surface area contributed by atoms with Gasteiger partial charge in [-0.05, 0) is 32.9 Å². The van der Waals surface area contributed by atoms with Gasteiger partial charge in [0.05, 0.1) is 33.1 Å². The molecule has 2 aromatic heterocycles. The van der Waals surface area contributed by atoms with Crippen LogP contribution in [-0.2, 0) is 4.74 Å². The lowest BCUT2D eigenvalue weighted by Gasteiger charge is -2.14. The van der Waals surface area contributed by atoms with Crippen LogP contribution in [0, 0.1) is 6.92 Å². The molecule has 0 saturated carbocycles. The van der Waals surface area contributed by atoms with E-state index in [9.17, 15) is 4.79 Å². The zero-order chi connectivity index (χ0) is 19.6. The Morgan fingerprint density at radius 3 is 2.33 bits per heavy atom. The molecule has 0 radical (unpaired) electrons. The Kier molecular flexibility index (Phi) is 5.50. The molecule has 9 heteroatoms. The van der Waals surface area contributed by atoms with Crippen molar-refractivity contribution in [2.75, 3.05) is 27.4 Å². The third kappa shape index (κ3) is 3.42. The molecule has 3 aromatic rings. The first-order chi connectivity index (χ1) is 13.0. The second-order valence-electron chi connectivity index (χ2n) is 5.51. The summed E-state index contributed by atoms with van der Waals surface area (Å²) in [7, 11) is 3.13. The fourth-order valence-electron chi connectivity index (χ4n) is 2.65. The molecule has 0 N–H and O–H groups in total. The molecule has 27 heavy (non-hydrogen) atoms. The van der Waals surface area contributed by atoms with E-state index in [1.807, 2.05) is 13.8 Å². The number of aryl methyl sites for hydroxylation is 1. The highest BCUT2D eigenvalue weighted by atomic mass is 32.1. The lowest BCUT2D eigenvalue weighted by Crippen LogP contribution is -2.05. The van der Waals surface area contributed by atoms with E-state index in [-0.39, 0.29) is 5.97 Å². The van der Waals surface area contributed by atoms with E-state index in [1.54, 1.807) is 37.8 Å². The summed E-state index contributed by atoms with van der Waals surface area (Å²) in [6.07, 6.45) is 0. The number of methoxy groups -OCH3 is 2. The van der Waals surface area contributed by atoms with Gasteiger partial charge < -0.3 is 18.9 Å². The van der Waals surface area contributed by atoms with Gasteiger partial charge in [0.2, 0.25) is 10.7 Å². The smallest absolute Gasteiger partial charge is 0.350 e. The van der Waals surface area contributed by atoms with Crippen LogP contribution in [0.15, 0.2) is 12.1 Å². The first kappa shape index (κ1) is 19.0. The van der Waals surface area contributed by atoms with Crippen LogP contribution in [0.25, 0.3) is 16.3 Å². The summed E-state index contributed by atoms with van der Waals surface area (Å²) in [5, 5.41) is 4.53. The van der Waals surface area contributed by atoms with E-state index in [0.717, 1.165) is 5.56 Å². The second-order valence-corrected chi connectivity index (χ2v) is 6.49. The molecule has 3 rings (SSSR count). The van der Waals surface area contributed by atoms with Gasteiger partial charge >= 0.3 is 5.97 Å². The molecule has 2 heterocycles. The van der Waals surface area contributed by atoms with Gasteiger partial charge in [-0.15, -0.1) is 5.10 Å². The number of carbonyl (C=O) groups excluding carboxylic acids is 1. The number of carbonyl (C=O) groups is 1. The molecule has 0 aliphatic heterocycles. The van der Waals surface area contributed by atoms with Crippen LogP contribution in [0.3, 0.4) is 0 Å². The summed E-state index contributed by atoms with van der Waals surface area (Å²) in [5.41, 5.74) is 1.41. The molecule has 0 unspecified atom stereocenters. The van der Waals surface area contributed by atoms with Crippen molar-refractivity contribution >= 4 is 22.3 Å². The highest BCUT2D eigenvalue weighted by molar-refractivity contribution is 7.19. The average molecular weight is 391 g/mol. The Bertz CT molecular complexity index is 954. The van der Waals surface area contributed by atoms with Crippen molar-refractivity contribution in [2.24, 2.45) is 0 Å². The lowest BCUT2D eigenvalue weighted by atomic mass is 10.1. The van der Waals surface area contributed by atoms with Crippen LogP contribution in [-0.4, -0.2) is 48.0 Å². The summed E-state index contributed by atoms with van der Waals surface area (Å²) in [5.74, 6) is 1.74. The SMILES string of the molecule is CCOC(=O)c1sc2nc(-c3cc(OC)c(OCC)c(OC)c3)nn2c1C. The van der Waals surface area contributed by atoms with Gasteiger partial charge in [0, 0.05) is 5.56 Å². The van der Waals surface area contributed by atoms with Crippen molar-refractivity contribution in [2.45, 2.75) is 20.8 Å². The van der Waals surface area contributed by atoms with Crippen molar-refractivity contribution in [1.82, 2.24) is 14.6 Å². The molecule has 144 valence electrons. The number of ether oxygens (including phenoxy) is 4. The Labute approximate surface area is 160 Å². The van der Waals surface area contributed by atoms with Crippen LogP contribution >= 0.6 is 11.3 Å². The van der Waals surface area contributed by atoms with E-state index in [0.29, 0.717) is 51.8 Å². The van der Waals surface area contributed by atoms with Crippen molar-refractivity contribution < 1.29 is 23.7 Å². The minimum Gasteiger partial charge on any atom is -0.493 e. The minimum atomic E-state index is -0.363. The quantitative estimate of drug-likeness (QED) is 0.571. The molecule has 0 bridgehead atoms. The van der Waals surface area contributed by atoms with Gasteiger partial charge in [0.1, 0.15) is 4.88 Å². The molecule has 0 aliphatic carbocycles. The molecular formula is C18H21N3O5S. The number of benzene rings is 1. The zero-order valence-corrected chi connectivity index (χ0v) is 16.7. The van der Waals surface area contributed by atoms with Crippen molar-refractivity contribution in [3.63, 3.8) is 0 Å². The number of hydrogen-bond acceptors (Lipinski definition) is 8. The van der Waals surface area contributed by atoms with Crippen LogP contribution in [0.4, 0.5) is 0 Å². The van der Waals surface area contributed by atoms with Crippen molar-refractivity contribution in [3.8, 4) is 28.6 Å². The number of nitrogens with zero attached hydrogens (tertiary/aromatic N) is 3. The van der Waals surface area contributed by atoms with E-state index in [1.165, 1.54) is 11.3 Å². The molecule has 0 spiro atoms. The monoisotopic (exact) mass is 391 g/mol. The first-order valence-electron chi connectivity index (χ1n) is 8.46. The number of fused-ring (bicyclic) bond motifs is 1. The maximum Gasteiger partial charge on any atom is 0.350 e. The number of thiazole rings is 1. The van der Waals surface area contributed by atoms with Gasteiger partial charge in [-0.2, -0.15) is 4.98 Å². The van der Waals surface area contributed by atoms with Crippen molar-refractivity contribution in [3.05, 3.63) is 22.7 Å². The van der Waals surface area contributed by atoms with Crippen LogP contribution < -0.4 is 14.2 Å². The van der Waals surface area contributed by atoms with E-state index >= 15 is 0 Å². The minimum absolute atomic E-state index is 0.322. The molecule has 0 saturated heterocycles. The van der Waals surface area contributed by atoms with Crippen LogP contribution in [0.5, 0.6) is 17.2 Å². The number of esters is 1. The highest BCUT2D eigenvalue weighted by Gasteiger charge is 2.22. The fourth-order valence-corrected chi connectivity index (χ4v) is 3.60. The third-order valence-corrected chi connectivity index (χ3v) is 5.00. The summed E-state index contributed by atoms with van der Waals surface area (Å²) < 4.78 is 23.2. The topological polar surface area (TPSA) is 84.2 Å². The predicted molar refractivity (Wildman–Crippen MR) is 101 cm³/mol. The third-order valence-electron chi connectivity index (χ3n) is 3.89. The Balaban J connectivity index is 2.06. The van der Waals surface area contributed by atoms with Gasteiger partial charge in [-0.1, -0.05) is 11.3 Å². The zero-order valence-electron chi connectivity index (χ0n) is 15.9. The maximum absolute atomic E-state index is 12.0. The van der Waals surface area contributed by atoms with Gasteiger partial charge in [0.25, 0.3) is 0 Å². The normalized spacial score (nSPS) is 10.9. The van der Waals surface area contributed by atoms with Gasteiger partial charge in [-0.25, -0.2) is 9.31 Å². The van der Waals surface area contributed by atoms with Crippen LogP contribution in [0.2, 0.25) is 0 Å². The van der Waals surface area contributed by atoms with Crippen molar-refractivity contribution in [1.29, 1.82) is 0 Å².